The molecule has 0 spiro atoms. The minimum absolute atomic E-state index is 0.0906. The van der Waals surface area contributed by atoms with E-state index in [1.807, 2.05) is 6.92 Å². The first-order chi connectivity index (χ1) is 8.00. The maximum atomic E-state index is 13.5. The van der Waals surface area contributed by atoms with E-state index in [0.29, 0.717) is 24.9 Å². The average molecular weight is 240 g/mol. The molecule has 0 aliphatic carbocycles. The van der Waals surface area contributed by atoms with Crippen LogP contribution in [0.5, 0.6) is 5.75 Å². The van der Waals surface area contributed by atoms with E-state index in [0.717, 1.165) is 6.07 Å². The summed E-state index contributed by atoms with van der Waals surface area (Å²) in [6.07, 6.45) is 0.942. The van der Waals surface area contributed by atoms with Crippen LogP contribution in [0.15, 0.2) is 18.2 Å². The number of phenols is 1. The van der Waals surface area contributed by atoms with Gasteiger partial charge in [0, 0.05) is 24.1 Å². The molecular weight excluding hydrogens is 223 g/mol. The molecule has 0 bridgehead atoms. The predicted octanol–water partition coefficient (Wildman–Crippen LogP) is 1.45. The minimum atomic E-state index is -0.445. The molecule has 1 atom stereocenters. The third-order valence-electron chi connectivity index (χ3n) is 2.50. The van der Waals surface area contributed by atoms with Crippen molar-refractivity contribution in [3.8, 4) is 5.75 Å². The Kier molecular flexibility index (Phi) is 4.90. The fraction of sp³-hybridized carbons (Fsp3) is 0.417. The van der Waals surface area contributed by atoms with Gasteiger partial charge in [0.1, 0.15) is 11.6 Å². The summed E-state index contributed by atoms with van der Waals surface area (Å²) in [5.41, 5.74) is 5.49. The van der Waals surface area contributed by atoms with E-state index in [2.05, 4.69) is 5.32 Å². The van der Waals surface area contributed by atoms with Crippen molar-refractivity contribution in [2.75, 3.05) is 6.54 Å². The lowest BCUT2D eigenvalue weighted by atomic mass is 10.1. The number of aromatic hydroxyl groups is 1. The van der Waals surface area contributed by atoms with Gasteiger partial charge in [-0.3, -0.25) is 4.79 Å². The second kappa shape index (κ2) is 6.20. The molecule has 0 fully saturated rings. The Hall–Kier alpha value is -1.62. The Morgan fingerprint density at radius 1 is 1.59 bits per heavy atom. The van der Waals surface area contributed by atoms with E-state index in [1.165, 1.54) is 12.1 Å². The van der Waals surface area contributed by atoms with Crippen molar-refractivity contribution in [1.82, 2.24) is 5.32 Å². The molecule has 4 N–H and O–H groups in total. The molecule has 0 aromatic heterocycles. The topological polar surface area (TPSA) is 75.3 Å². The van der Waals surface area contributed by atoms with Gasteiger partial charge in [0.25, 0.3) is 0 Å². The highest BCUT2D eigenvalue weighted by Gasteiger charge is 2.10. The van der Waals surface area contributed by atoms with Crippen molar-refractivity contribution < 1.29 is 14.3 Å². The Morgan fingerprint density at radius 3 is 2.88 bits per heavy atom. The first kappa shape index (κ1) is 13.4. The van der Waals surface area contributed by atoms with Gasteiger partial charge in [-0.05, 0) is 26.0 Å². The lowest BCUT2D eigenvalue weighted by Crippen LogP contribution is -2.22. The summed E-state index contributed by atoms with van der Waals surface area (Å²) in [6.45, 7) is 2.41. The van der Waals surface area contributed by atoms with Gasteiger partial charge in [0.2, 0.25) is 5.91 Å². The van der Waals surface area contributed by atoms with Crippen LogP contribution in [0.3, 0.4) is 0 Å². The summed E-state index contributed by atoms with van der Waals surface area (Å²) in [6, 6.07) is 3.89. The van der Waals surface area contributed by atoms with Gasteiger partial charge in [-0.1, -0.05) is 6.07 Å². The minimum Gasteiger partial charge on any atom is -0.508 e. The lowest BCUT2D eigenvalue weighted by Gasteiger charge is -2.14. The van der Waals surface area contributed by atoms with Crippen LogP contribution in [0.2, 0.25) is 0 Å². The third kappa shape index (κ3) is 4.40. The van der Waals surface area contributed by atoms with E-state index in [-0.39, 0.29) is 17.7 Å². The number of nitrogens with two attached hydrogens (primary N) is 1. The maximum absolute atomic E-state index is 13.5. The molecule has 94 valence electrons. The normalized spacial score (nSPS) is 12.4. The molecule has 0 radical (unpaired) electrons. The van der Waals surface area contributed by atoms with Crippen LogP contribution in [0.25, 0.3) is 0 Å². The van der Waals surface area contributed by atoms with E-state index < -0.39 is 5.82 Å². The molecule has 17 heavy (non-hydrogen) atoms. The van der Waals surface area contributed by atoms with Gasteiger partial charge in [0.05, 0.1) is 0 Å². The van der Waals surface area contributed by atoms with Crippen LogP contribution in [0.1, 0.15) is 31.4 Å². The number of carbonyl (C=O) groups excluding carboxylic acids is 1. The van der Waals surface area contributed by atoms with Crippen LogP contribution in [-0.4, -0.2) is 17.6 Å². The first-order valence-corrected chi connectivity index (χ1v) is 5.51. The molecule has 0 heterocycles. The van der Waals surface area contributed by atoms with Crippen molar-refractivity contribution in [3.05, 3.63) is 29.6 Å². The van der Waals surface area contributed by atoms with Crippen molar-refractivity contribution in [3.63, 3.8) is 0 Å². The second-order valence-corrected chi connectivity index (χ2v) is 3.95. The van der Waals surface area contributed by atoms with Gasteiger partial charge >= 0.3 is 0 Å². The number of halogens is 1. The molecule has 1 amide bonds. The molecule has 1 rings (SSSR count). The molecule has 1 unspecified atom stereocenters. The van der Waals surface area contributed by atoms with Crippen molar-refractivity contribution in [1.29, 1.82) is 0 Å². The molecule has 5 heteroatoms. The molecule has 4 nitrogen and oxygen atoms in total. The highest BCUT2D eigenvalue weighted by atomic mass is 19.1. The number of benzene rings is 1. The number of primary amides is 1. The van der Waals surface area contributed by atoms with Crippen LogP contribution in [-0.2, 0) is 4.79 Å². The Morgan fingerprint density at radius 2 is 2.29 bits per heavy atom. The number of nitrogens with one attached hydrogen (secondary N) is 1. The van der Waals surface area contributed by atoms with Gasteiger partial charge in [0.15, 0.2) is 0 Å². The van der Waals surface area contributed by atoms with E-state index in [1.54, 1.807) is 0 Å². The summed E-state index contributed by atoms with van der Waals surface area (Å²) in [5.74, 6) is -0.873. The number of carbonyl (C=O) groups is 1. The number of amides is 1. The van der Waals surface area contributed by atoms with Crippen LogP contribution in [0.4, 0.5) is 4.39 Å². The summed E-state index contributed by atoms with van der Waals surface area (Å²) in [4.78, 5) is 10.5. The molecule has 0 saturated carbocycles. The standard InChI is InChI=1S/C12H17FN2O2/c1-8(15-6-2-3-12(14)17)10-5-4-9(16)7-11(10)13/h4-5,7-8,15-16H,2-3,6H2,1H3,(H2,14,17). The van der Waals surface area contributed by atoms with Crippen LogP contribution >= 0.6 is 0 Å². The Balaban J connectivity index is 2.46. The zero-order valence-corrected chi connectivity index (χ0v) is 9.74. The molecular formula is C12H17FN2O2. The number of rotatable bonds is 6. The highest BCUT2D eigenvalue weighted by Crippen LogP contribution is 2.20. The molecule has 0 saturated heterocycles. The van der Waals surface area contributed by atoms with Crippen molar-refractivity contribution in [2.24, 2.45) is 5.73 Å². The fourth-order valence-corrected chi connectivity index (χ4v) is 1.56. The lowest BCUT2D eigenvalue weighted by molar-refractivity contribution is -0.118. The van der Waals surface area contributed by atoms with Crippen LogP contribution < -0.4 is 11.1 Å². The predicted molar refractivity (Wildman–Crippen MR) is 62.9 cm³/mol. The Bertz CT molecular complexity index is 396. The zero-order valence-electron chi connectivity index (χ0n) is 9.74. The summed E-state index contributed by atoms with van der Waals surface area (Å²) in [5, 5.41) is 12.2. The highest BCUT2D eigenvalue weighted by molar-refractivity contribution is 5.73. The van der Waals surface area contributed by atoms with E-state index in [4.69, 9.17) is 10.8 Å². The molecule has 0 aliphatic heterocycles. The monoisotopic (exact) mass is 240 g/mol. The van der Waals surface area contributed by atoms with Gasteiger partial charge in [-0.15, -0.1) is 0 Å². The fourth-order valence-electron chi connectivity index (χ4n) is 1.56. The summed E-state index contributed by atoms with van der Waals surface area (Å²) in [7, 11) is 0. The zero-order chi connectivity index (χ0) is 12.8. The summed E-state index contributed by atoms with van der Waals surface area (Å²) >= 11 is 0. The summed E-state index contributed by atoms with van der Waals surface area (Å²) < 4.78 is 13.5. The molecule has 0 aliphatic rings. The number of hydrogen-bond acceptors (Lipinski definition) is 3. The first-order valence-electron chi connectivity index (χ1n) is 5.51. The average Bonchev–Trinajstić information content (AvgIpc) is 2.23. The maximum Gasteiger partial charge on any atom is 0.217 e. The second-order valence-electron chi connectivity index (χ2n) is 3.95. The van der Waals surface area contributed by atoms with Gasteiger partial charge in [-0.2, -0.15) is 0 Å². The largest absolute Gasteiger partial charge is 0.508 e. The van der Waals surface area contributed by atoms with E-state index in [9.17, 15) is 9.18 Å². The molecule has 1 aromatic rings. The molecule has 1 aromatic carbocycles. The van der Waals surface area contributed by atoms with Gasteiger partial charge in [-0.25, -0.2) is 4.39 Å². The number of hydrogen-bond donors (Lipinski definition) is 3. The van der Waals surface area contributed by atoms with Gasteiger partial charge < -0.3 is 16.2 Å². The Labute approximate surface area is 99.6 Å². The smallest absolute Gasteiger partial charge is 0.217 e. The van der Waals surface area contributed by atoms with Crippen LogP contribution in [0, 0.1) is 5.82 Å². The van der Waals surface area contributed by atoms with E-state index >= 15 is 0 Å². The third-order valence-corrected chi connectivity index (χ3v) is 2.50. The van der Waals surface area contributed by atoms with Crippen molar-refractivity contribution >= 4 is 5.91 Å². The van der Waals surface area contributed by atoms with Crippen molar-refractivity contribution in [2.45, 2.75) is 25.8 Å². The quantitative estimate of drug-likeness (QED) is 0.659. The number of phenolic OH excluding ortho intramolecular Hbond substituents is 1. The SMILES string of the molecule is CC(NCCCC(N)=O)c1ccc(O)cc1F.